The number of hydrogen-bond donors (Lipinski definition) is 1. The van der Waals surface area contributed by atoms with Crippen LogP contribution in [0.4, 0.5) is 10.3 Å². The summed E-state index contributed by atoms with van der Waals surface area (Å²) in [5.41, 5.74) is 1.80. The number of thiazole rings is 1. The molecule has 0 aliphatic carbocycles. The van der Waals surface area contributed by atoms with E-state index in [1.165, 1.54) is 22.7 Å². The number of carbonyl (C=O) groups excluding carboxylic acids is 2. The van der Waals surface area contributed by atoms with Gasteiger partial charge in [-0.1, -0.05) is 41.7 Å². The highest BCUT2D eigenvalue weighted by atomic mass is 32.1. The van der Waals surface area contributed by atoms with Crippen molar-refractivity contribution in [1.82, 2.24) is 15.2 Å². The Balaban J connectivity index is 1.33. The Bertz CT molecular complexity index is 954. The summed E-state index contributed by atoms with van der Waals surface area (Å²) in [6, 6.07) is 10.0. The maximum Gasteiger partial charge on any atom is 0.232 e. The number of hydrogen-bond acceptors (Lipinski definition) is 7. The van der Waals surface area contributed by atoms with Gasteiger partial charge >= 0.3 is 0 Å². The topological polar surface area (TPSA) is 88.1 Å². The maximum absolute atomic E-state index is 12.3. The van der Waals surface area contributed by atoms with Crippen molar-refractivity contribution < 1.29 is 9.59 Å². The quantitative estimate of drug-likeness (QED) is 0.689. The average Bonchev–Trinajstić information content (AvgIpc) is 3.38. The third-order valence-electron chi connectivity index (χ3n) is 4.10. The fraction of sp³-hybridized carbons (Fsp3) is 0.278. The molecule has 1 aliphatic heterocycles. The highest BCUT2D eigenvalue weighted by Gasteiger charge is 2.24. The van der Waals surface area contributed by atoms with Gasteiger partial charge in [0.25, 0.3) is 0 Å². The molecule has 27 heavy (non-hydrogen) atoms. The summed E-state index contributed by atoms with van der Waals surface area (Å²) >= 11 is 2.76. The first-order valence-electron chi connectivity index (χ1n) is 8.58. The van der Waals surface area contributed by atoms with Crippen molar-refractivity contribution in [2.45, 2.75) is 25.7 Å². The van der Waals surface area contributed by atoms with Crippen LogP contribution >= 0.6 is 22.7 Å². The molecular formula is C18H17N5O2S2. The largest absolute Gasteiger partial charge is 0.300 e. The fourth-order valence-corrected chi connectivity index (χ4v) is 4.48. The zero-order chi connectivity index (χ0) is 18.6. The minimum absolute atomic E-state index is 0.0974. The molecule has 3 aromatic rings. The number of rotatable bonds is 6. The standard InChI is InChI=1S/C18H17N5O2S2/c24-14(10-13-11-26-18(19-13)23-8-4-7-16(23)25)20-17-22-21-15(27-17)9-12-5-2-1-3-6-12/h1-3,5-6,11H,4,7-10H2,(H,20,22,24). The van der Waals surface area contributed by atoms with E-state index in [9.17, 15) is 9.59 Å². The van der Waals surface area contributed by atoms with Crippen molar-refractivity contribution in [1.29, 1.82) is 0 Å². The van der Waals surface area contributed by atoms with Crippen LogP contribution in [0.5, 0.6) is 0 Å². The third kappa shape index (κ3) is 4.37. The Kier molecular flexibility index (Phi) is 5.21. The van der Waals surface area contributed by atoms with Crippen LogP contribution in [0.3, 0.4) is 0 Å². The number of carbonyl (C=O) groups is 2. The first kappa shape index (κ1) is 17.7. The first-order chi connectivity index (χ1) is 13.2. The molecule has 0 bridgehead atoms. The van der Waals surface area contributed by atoms with Crippen molar-refractivity contribution in [3.05, 3.63) is 52.0 Å². The first-order valence-corrected chi connectivity index (χ1v) is 10.3. The van der Waals surface area contributed by atoms with Crippen LogP contribution in [0.25, 0.3) is 0 Å². The molecular weight excluding hydrogens is 382 g/mol. The van der Waals surface area contributed by atoms with E-state index < -0.39 is 0 Å². The summed E-state index contributed by atoms with van der Waals surface area (Å²) in [7, 11) is 0. The Morgan fingerprint density at radius 2 is 2.07 bits per heavy atom. The van der Waals surface area contributed by atoms with E-state index in [2.05, 4.69) is 20.5 Å². The van der Waals surface area contributed by atoms with Gasteiger partial charge in [0.05, 0.1) is 12.1 Å². The van der Waals surface area contributed by atoms with Gasteiger partial charge in [0, 0.05) is 24.8 Å². The predicted octanol–water partition coefficient (Wildman–Crippen LogP) is 2.89. The van der Waals surface area contributed by atoms with Crippen LogP contribution in [-0.2, 0) is 22.4 Å². The predicted molar refractivity (Wildman–Crippen MR) is 105 cm³/mol. The van der Waals surface area contributed by atoms with Crippen LogP contribution in [0.2, 0.25) is 0 Å². The molecule has 1 aliphatic rings. The number of nitrogens with one attached hydrogen (secondary N) is 1. The van der Waals surface area contributed by atoms with Gasteiger partial charge in [-0.3, -0.25) is 14.5 Å². The number of nitrogens with zero attached hydrogens (tertiary/aromatic N) is 4. The lowest BCUT2D eigenvalue weighted by Crippen LogP contribution is -2.23. The molecule has 0 spiro atoms. The zero-order valence-corrected chi connectivity index (χ0v) is 16.1. The van der Waals surface area contributed by atoms with Gasteiger partial charge in [-0.15, -0.1) is 21.5 Å². The van der Waals surface area contributed by atoms with Crippen LogP contribution in [-0.4, -0.2) is 33.5 Å². The van der Waals surface area contributed by atoms with E-state index in [0.717, 1.165) is 17.0 Å². The third-order valence-corrected chi connectivity index (χ3v) is 5.85. The van der Waals surface area contributed by atoms with E-state index in [4.69, 9.17) is 0 Å². The van der Waals surface area contributed by atoms with Gasteiger partial charge in [0.15, 0.2) is 5.13 Å². The summed E-state index contributed by atoms with van der Waals surface area (Å²) in [6.45, 7) is 0.701. The Morgan fingerprint density at radius 3 is 2.85 bits per heavy atom. The number of aromatic nitrogens is 3. The minimum Gasteiger partial charge on any atom is -0.300 e. The second-order valence-corrected chi connectivity index (χ2v) is 8.06. The summed E-state index contributed by atoms with van der Waals surface area (Å²) in [6.07, 6.45) is 2.26. The number of amides is 2. The van der Waals surface area contributed by atoms with Gasteiger partial charge in [-0.25, -0.2) is 4.98 Å². The normalized spacial score (nSPS) is 13.9. The Labute approximate surface area is 164 Å². The molecule has 2 aromatic heterocycles. The maximum atomic E-state index is 12.3. The lowest BCUT2D eigenvalue weighted by atomic mass is 10.2. The second-order valence-electron chi connectivity index (χ2n) is 6.16. The van der Waals surface area contributed by atoms with Gasteiger partial charge in [-0.2, -0.15) is 0 Å². The van der Waals surface area contributed by atoms with Crippen LogP contribution < -0.4 is 10.2 Å². The van der Waals surface area contributed by atoms with Gasteiger partial charge in [0.1, 0.15) is 5.01 Å². The van der Waals surface area contributed by atoms with E-state index in [-0.39, 0.29) is 18.2 Å². The molecule has 7 nitrogen and oxygen atoms in total. The van der Waals surface area contributed by atoms with Crippen molar-refractivity contribution >= 4 is 44.8 Å². The van der Waals surface area contributed by atoms with Crippen LogP contribution in [0.15, 0.2) is 35.7 Å². The molecule has 0 radical (unpaired) electrons. The number of anilines is 2. The van der Waals surface area contributed by atoms with E-state index in [0.29, 0.717) is 35.3 Å². The fourth-order valence-electron chi connectivity index (χ4n) is 2.83. The van der Waals surface area contributed by atoms with E-state index in [1.807, 2.05) is 35.7 Å². The molecule has 4 rings (SSSR count). The summed E-state index contributed by atoms with van der Waals surface area (Å²) < 4.78 is 0. The van der Waals surface area contributed by atoms with E-state index >= 15 is 0 Å². The van der Waals surface area contributed by atoms with Gasteiger partial charge < -0.3 is 5.32 Å². The molecule has 1 aromatic carbocycles. The van der Waals surface area contributed by atoms with Crippen molar-refractivity contribution in [3.63, 3.8) is 0 Å². The Hall–Kier alpha value is -2.65. The van der Waals surface area contributed by atoms with Crippen molar-refractivity contribution in [2.24, 2.45) is 0 Å². The lowest BCUT2D eigenvalue weighted by molar-refractivity contribution is -0.117. The molecule has 1 fully saturated rings. The molecule has 9 heteroatoms. The number of benzene rings is 1. The van der Waals surface area contributed by atoms with Crippen molar-refractivity contribution in [3.8, 4) is 0 Å². The molecule has 1 saturated heterocycles. The molecule has 0 saturated carbocycles. The molecule has 0 unspecified atom stereocenters. The molecule has 1 N–H and O–H groups in total. The Morgan fingerprint density at radius 1 is 1.22 bits per heavy atom. The highest BCUT2D eigenvalue weighted by molar-refractivity contribution is 7.15. The molecule has 0 atom stereocenters. The zero-order valence-electron chi connectivity index (χ0n) is 14.4. The van der Waals surface area contributed by atoms with Crippen LogP contribution in [0.1, 0.15) is 29.1 Å². The van der Waals surface area contributed by atoms with Gasteiger partial charge in [-0.05, 0) is 12.0 Å². The molecule has 3 heterocycles. The lowest BCUT2D eigenvalue weighted by Gasteiger charge is -2.10. The van der Waals surface area contributed by atoms with Crippen LogP contribution in [0, 0.1) is 0 Å². The van der Waals surface area contributed by atoms with E-state index in [1.54, 1.807) is 4.90 Å². The summed E-state index contributed by atoms with van der Waals surface area (Å²) in [4.78, 5) is 30.1. The summed E-state index contributed by atoms with van der Waals surface area (Å²) in [5.74, 6) is -0.0952. The SMILES string of the molecule is O=C(Cc1csc(N2CCCC2=O)n1)Nc1nnc(Cc2ccccc2)s1. The monoisotopic (exact) mass is 399 g/mol. The molecule has 2 amide bonds. The minimum atomic E-state index is -0.193. The smallest absolute Gasteiger partial charge is 0.232 e. The highest BCUT2D eigenvalue weighted by Crippen LogP contribution is 2.25. The second kappa shape index (κ2) is 7.93. The molecule has 138 valence electrons. The van der Waals surface area contributed by atoms with Crippen molar-refractivity contribution in [2.75, 3.05) is 16.8 Å². The summed E-state index contributed by atoms with van der Waals surface area (Å²) in [5, 5.41) is 14.8. The average molecular weight is 400 g/mol. The van der Waals surface area contributed by atoms with Gasteiger partial charge in [0.2, 0.25) is 16.9 Å².